The number of hydrogen-bond donors (Lipinski definition) is 3. The van der Waals surface area contributed by atoms with Crippen LogP contribution >= 0.6 is 11.6 Å². The molecule has 3 rings (SSSR count). The molecule has 38 heavy (non-hydrogen) atoms. The summed E-state index contributed by atoms with van der Waals surface area (Å²) in [5, 5.41) is 15.4. The van der Waals surface area contributed by atoms with Gasteiger partial charge in [0.25, 0.3) is 0 Å². The van der Waals surface area contributed by atoms with E-state index < -0.39 is 35.8 Å². The normalized spacial score (nSPS) is 12.9. The first-order valence-corrected chi connectivity index (χ1v) is 12.2. The molecule has 0 spiro atoms. The van der Waals surface area contributed by atoms with Crippen molar-refractivity contribution in [2.75, 3.05) is 7.11 Å². The van der Waals surface area contributed by atoms with Crippen molar-refractivity contribution in [3.05, 3.63) is 87.9 Å². The number of benzene rings is 3. The molecule has 0 fully saturated rings. The van der Waals surface area contributed by atoms with Gasteiger partial charge in [-0.2, -0.15) is 13.2 Å². The van der Waals surface area contributed by atoms with Crippen LogP contribution in [-0.2, 0) is 17.4 Å². The maximum Gasteiger partial charge on any atom is 0.416 e. The highest BCUT2D eigenvalue weighted by molar-refractivity contribution is 6.30. The smallest absolute Gasteiger partial charge is 0.416 e. The number of carbonyl (C=O) groups excluding carboxylic acids is 1. The van der Waals surface area contributed by atoms with E-state index in [0.29, 0.717) is 27.5 Å². The molecule has 0 aliphatic carbocycles. The first-order valence-electron chi connectivity index (χ1n) is 11.9. The molecule has 6 nitrogen and oxygen atoms in total. The number of halogens is 4. The van der Waals surface area contributed by atoms with Crippen molar-refractivity contribution in [2.45, 2.75) is 44.9 Å². The summed E-state index contributed by atoms with van der Waals surface area (Å²) in [5.74, 6) is -0.691. The number of rotatable bonds is 9. The maximum absolute atomic E-state index is 13.7. The summed E-state index contributed by atoms with van der Waals surface area (Å²) in [7, 11) is 1.42. The Labute approximate surface area is 223 Å². The highest BCUT2D eigenvalue weighted by Gasteiger charge is 2.32. The zero-order valence-corrected chi connectivity index (χ0v) is 21.8. The minimum absolute atomic E-state index is 0.224. The van der Waals surface area contributed by atoms with Crippen LogP contribution in [0.5, 0.6) is 5.75 Å². The van der Waals surface area contributed by atoms with Crippen LogP contribution in [0.1, 0.15) is 54.6 Å². The number of ether oxygens (including phenoxy) is 1. The summed E-state index contributed by atoms with van der Waals surface area (Å²) < 4.78 is 46.5. The third kappa shape index (κ3) is 7.19. The van der Waals surface area contributed by atoms with Crippen LogP contribution in [0.4, 0.5) is 18.0 Å². The molecule has 10 heteroatoms. The Bertz CT molecular complexity index is 1300. The summed E-state index contributed by atoms with van der Waals surface area (Å²) >= 11 is 5.93. The Balaban J connectivity index is 2.01. The van der Waals surface area contributed by atoms with Gasteiger partial charge in [0.05, 0.1) is 31.2 Å². The Morgan fingerprint density at radius 1 is 1.00 bits per heavy atom. The molecule has 0 radical (unpaired) electrons. The van der Waals surface area contributed by atoms with Crippen molar-refractivity contribution in [2.24, 2.45) is 0 Å². The van der Waals surface area contributed by atoms with Crippen LogP contribution < -0.4 is 15.4 Å². The average molecular weight is 549 g/mol. The topological polar surface area (TPSA) is 87.7 Å². The van der Waals surface area contributed by atoms with Gasteiger partial charge in [0.2, 0.25) is 0 Å². The molecule has 0 heterocycles. The molecule has 0 saturated carbocycles. The molecular weight excluding hydrogens is 521 g/mol. The first kappa shape index (κ1) is 28.8. The van der Waals surface area contributed by atoms with E-state index in [1.165, 1.54) is 13.2 Å². The van der Waals surface area contributed by atoms with Gasteiger partial charge >= 0.3 is 18.2 Å². The Hall–Kier alpha value is -3.72. The number of nitrogens with one attached hydrogen (secondary N) is 2. The first-order chi connectivity index (χ1) is 17.9. The molecule has 3 N–H and O–H groups in total. The standard InChI is InChI=1S/C28H28ClF3N2O4/c1-4-24(34-27(37)33-16(2)18-6-9-20(29)10-7-18)22-15-19(28(30,31)32)8-11-21(22)23-13-17(14-26(35)36)5-12-25(23)38-3/h5-13,15-16,24H,4,14H2,1-3H3,(H,35,36)(H2,33,34,37)/t16-,24?/m1/s1. The van der Waals surface area contributed by atoms with E-state index in [2.05, 4.69) is 10.6 Å². The average Bonchev–Trinajstić information content (AvgIpc) is 2.86. The van der Waals surface area contributed by atoms with E-state index in [9.17, 15) is 27.9 Å². The van der Waals surface area contributed by atoms with Gasteiger partial charge < -0.3 is 20.5 Å². The van der Waals surface area contributed by atoms with E-state index in [1.807, 2.05) is 0 Å². The zero-order valence-electron chi connectivity index (χ0n) is 21.0. The number of carboxylic acid groups (broad SMARTS) is 1. The molecule has 0 saturated heterocycles. The summed E-state index contributed by atoms with van der Waals surface area (Å²) in [6.07, 6.45) is -4.59. The zero-order chi connectivity index (χ0) is 28.0. The summed E-state index contributed by atoms with van der Waals surface area (Å²) in [6, 6.07) is 13.2. The minimum Gasteiger partial charge on any atom is -0.496 e. The van der Waals surface area contributed by atoms with Gasteiger partial charge in [-0.15, -0.1) is 0 Å². The minimum atomic E-state index is -4.60. The molecule has 3 aromatic rings. The molecule has 0 bridgehead atoms. The van der Waals surface area contributed by atoms with E-state index in [-0.39, 0.29) is 18.4 Å². The van der Waals surface area contributed by atoms with Crippen molar-refractivity contribution >= 4 is 23.6 Å². The quantitative estimate of drug-likeness (QED) is 0.264. The third-order valence-corrected chi connectivity index (χ3v) is 6.35. The van der Waals surface area contributed by atoms with E-state index in [4.69, 9.17) is 16.3 Å². The second kappa shape index (κ2) is 12.2. The number of alkyl halides is 3. The lowest BCUT2D eigenvalue weighted by Gasteiger charge is -2.24. The fourth-order valence-electron chi connectivity index (χ4n) is 4.15. The van der Waals surface area contributed by atoms with Crippen LogP contribution in [0.15, 0.2) is 60.7 Å². The van der Waals surface area contributed by atoms with Crippen LogP contribution in [0.25, 0.3) is 11.1 Å². The molecule has 3 aromatic carbocycles. The molecule has 0 aliphatic rings. The molecule has 202 valence electrons. The fraction of sp³-hybridized carbons (Fsp3) is 0.286. The number of aliphatic carboxylic acids is 1. The summed E-state index contributed by atoms with van der Waals surface area (Å²) in [5.41, 5.74) is 1.42. The second-order valence-electron chi connectivity index (χ2n) is 8.76. The van der Waals surface area contributed by atoms with Crippen LogP contribution in [0, 0.1) is 0 Å². The van der Waals surface area contributed by atoms with Gasteiger partial charge in [-0.05, 0) is 72.0 Å². The summed E-state index contributed by atoms with van der Waals surface area (Å²) in [6.45, 7) is 3.52. The van der Waals surface area contributed by atoms with Crippen molar-refractivity contribution in [1.29, 1.82) is 0 Å². The molecular formula is C28H28ClF3N2O4. The second-order valence-corrected chi connectivity index (χ2v) is 9.19. The maximum atomic E-state index is 13.7. The van der Waals surface area contributed by atoms with E-state index >= 15 is 0 Å². The van der Waals surface area contributed by atoms with Crippen molar-refractivity contribution in [3.8, 4) is 16.9 Å². The highest BCUT2D eigenvalue weighted by Crippen LogP contribution is 2.40. The predicted molar refractivity (Wildman–Crippen MR) is 139 cm³/mol. The van der Waals surface area contributed by atoms with Crippen LogP contribution in [0.2, 0.25) is 5.02 Å². The van der Waals surface area contributed by atoms with E-state index in [1.54, 1.807) is 56.3 Å². The molecule has 1 unspecified atom stereocenters. The number of urea groups is 1. The number of amides is 2. The molecule has 0 aromatic heterocycles. The number of carboxylic acids is 1. The van der Waals surface area contributed by atoms with Crippen LogP contribution in [-0.4, -0.2) is 24.2 Å². The lowest BCUT2D eigenvalue weighted by Crippen LogP contribution is -2.39. The van der Waals surface area contributed by atoms with Gasteiger partial charge in [0.15, 0.2) is 0 Å². The monoisotopic (exact) mass is 548 g/mol. The SMILES string of the molecule is CCC(NC(=O)N[C@H](C)c1ccc(Cl)cc1)c1cc(C(F)(F)F)ccc1-c1cc(CC(=O)O)ccc1OC. The van der Waals surface area contributed by atoms with Gasteiger partial charge in [0, 0.05) is 10.6 Å². The molecule has 0 aliphatic heterocycles. The van der Waals surface area contributed by atoms with Gasteiger partial charge in [-0.3, -0.25) is 4.79 Å². The van der Waals surface area contributed by atoms with Crippen molar-refractivity contribution in [3.63, 3.8) is 0 Å². The summed E-state index contributed by atoms with van der Waals surface area (Å²) in [4.78, 5) is 24.2. The number of hydrogen-bond acceptors (Lipinski definition) is 3. The Morgan fingerprint density at radius 3 is 2.26 bits per heavy atom. The van der Waals surface area contributed by atoms with Crippen molar-refractivity contribution in [1.82, 2.24) is 10.6 Å². The Kier molecular flexibility index (Phi) is 9.27. The van der Waals surface area contributed by atoms with Gasteiger partial charge in [-0.1, -0.05) is 42.8 Å². The van der Waals surface area contributed by atoms with Crippen LogP contribution in [0.3, 0.4) is 0 Å². The third-order valence-electron chi connectivity index (χ3n) is 6.09. The lowest BCUT2D eigenvalue weighted by atomic mass is 9.90. The molecule has 2 atom stereocenters. The Morgan fingerprint density at radius 2 is 1.68 bits per heavy atom. The fourth-order valence-corrected chi connectivity index (χ4v) is 4.28. The van der Waals surface area contributed by atoms with Gasteiger partial charge in [0.1, 0.15) is 5.75 Å². The predicted octanol–water partition coefficient (Wildman–Crippen LogP) is 7.17. The lowest BCUT2D eigenvalue weighted by molar-refractivity contribution is -0.138. The number of methoxy groups -OCH3 is 1. The van der Waals surface area contributed by atoms with Crippen molar-refractivity contribution < 1.29 is 32.6 Å². The van der Waals surface area contributed by atoms with Gasteiger partial charge in [-0.25, -0.2) is 4.79 Å². The largest absolute Gasteiger partial charge is 0.496 e. The number of carbonyl (C=O) groups is 2. The molecule has 2 amide bonds. The highest BCUT2D eigenvalue weighted by atomic mass is 35.5. The van der Waals surface area contributed by atoms with E-state index in [0.717, 1.165) is 17.7 Å².